The van der Waals surface area contributed by atoms with Gasteiger partial charge in [0.25, 0.3) is 0 Å². The molecule has 10 heteroatoms. The average Bonchev–Trinajstić information content (AvgIpc) is 2.26. The van der Waals surface area contributed by atoms with E-state index in [-0.39, 0.29) is 0 Å². The molecule has 3 nitrogen and oxygen atoms in total. The lowest BCUT2D eigenvalue weighted by atomic mass is 10.1. The van der Waals surface area contributed by atoms with Crippen molar-refractivity contribution in [1.82, 2.24) is 4.90 Å². The summed E-state index contributed by atoms with van der Waals surface area (Å²) in [5, 5.41) is 0. The number of nitrogens with zero attached hydrogens (tertiary/aromatic N) is 3. The van der Waals surface area contributed by atoms with Crippen LogP contribution in [0.4, 0.5) is 26.3 Å². The van der Waals surface area contributed by atoms with E-state index in [9.17, 15) is 26.3 Å². The predicted octanol–water partition coefficient (Wildman–Crippen LogP) is 3.75. The van der Waals surface area contributed by atoms with Gasteiger partial charge >= 0.3 is 18.0 Å². The molecule has 0 radical (unpaired) electrons. The zero-order valence-electron chi connectivity index (χ0n) is 9.72. The summed E-state index contributed by atoms with van der Waals surface area (Å²) in [6, 6.07) is 0. The fourth-order valence-electron chi connectivity index (χ4n) is 1.71. The topological polar surface area (TPSA) is 28.0 Å². The van der Waals surface area contributed by atoms with Crippen LogP contribution in [0.2, 0.25) is 0 Å². The summed E-state index contributed by atoms with van der Waals surface area (Å²) in [4.78, 5) is 6.64. The first-order valence-electron chi connectivity index (χ1n) is 5.12. The van der Waals surface area contributed by atoms with Gasteiger partial charge in [0, 0.05) is 10.7 Å². The van der Waals surface area contributed by atoms with Crippen LogP contribution < -0.4 is 0 Å². The molecule has 0 bridgehead atoms. The second-order valence-corrected chi connectivity index (χ2v) is 4.93. The summed E-state index contributed by atoms with van der Waals surface area (Å²) in [5.74, 6) is -0.929. The molecule has 2 aliphatic rings. The van der Waals surface area contributed by atoms with Crippen LogP contribution in [0.5, 0.6) is 0 Å². The Morgan fingerprint density at radius 1 is 1.05 bits per heavy atom. The van der Waals surface area contributed by atoms with Crippen molar-refractivity contribution in [2.75, 3.05) is 0 Å². The van der Waals surface area contributed by atoms with Gasteiger partial charge < -0.3 is 0 Å². The van der Waals surface area contributed by atoms with Gasteiger partial charge in [0.2, 0.25) is 0 Å². The van der Waals surface area contributed by atoms with Crippen molar-refractivity contribution in [3.05, 3.63) is 22.8 Å². The van der Waals surface area contributed by atoms with Crippen LogP contribution in [0.15, 0.2) is 32.8 Å². The van der Waals surface area contributed by atoms with Crippen LogP contribution in [-0.4, -0.2) is 34.6 Å². The number of amidine groups is 2. The Kier molecular flexibility index (Phi) is 3.27. The summed E-state index contributed by atoms with van der Waals surface area (Å²) in [5.41, 5.74) is -4.46. The molecule has 0 aromatic carbocycles. The van der Waals surface area contributed by atoms with E-state index in [1.807, 2.05) is 0 Å². The summed E-state index contributed by atoms with van der Waals surface area (Å²) in [6.07, 6.45) is -7.73. The van der Waals surface area contributed by atoms with E-state index in [0.29, 0.717) is 4.48 Å². The Hall–Kier alpha value is -1.32. The van der Waals surface area contributed by atoms with Crippen LogP contribution in [0.25, 0.3) is 0 Å². The van der Waals surface area contributed by atoms with Gasteiger partial charge in [-0.1, -0.05) is 0 Å². The number of rotatable bonds is 0. The first-order valence-corrected chi connectivity index (χ1v) is 5.92. The first-order chi connectivity index (χ1) is 8.98. The molecule has 2 rings (SSSR count). The maximum absolute atomic E-state index is 12.9. The third-order valence-corrected chi connectivity index (χ3v) is 3.10. The average molecular weight is 362 g/mol. The van der Waals surface area contributed by atoms with Crippen LogP contribution in [0, 0.1) is 0 Å². The third kappa shape index (κ3) is 2.15. The van der Waals surface area contributed by atoms with Crippen LogP contribution in [0.3, 0.4) is 0 Å². The predicted molar refractivity (Wildman–Crippen MR) is 63.4 cm³/mol. The summed E-state index contributed by atoms with van der Waals surface area (Å²) in [7, 11) is 0. The van der Waals surface area contributed by atoms with E-state index in [4.69, 9.17) is 0 Å². The van der Waals surface area contributed by atoms with E-state index in [1.165, 1.54) is 12.3 Å². The second kappa shape index (κ2) is 4.34. The Labute approximate surface area is 117 Å². The minimum Gasteiger partial charge on any atom is -0.289 e. The van der Waals surface area contributed by atoms with Crippen molar-refractivity contribution in [2.24, 2.45) is 9.98 Å². The molecule has 0 amide bonds. The van der Waals surface area contributed by atoms with Gasteiger partial charge in [0.15, 0.2) is 0 Å². The molecule has 0 N–H and O–H groups in total. The fourth-order valence-corrected chi connectivity index (χ4v) is 2.05. The standard InChI is InChI=1S/C10H6BrF6N3/c1-5-18-8(9(12,13)14,10(15,16)17)19-7-3-2-6(11)4-20(5)7/h2-4H,1H3. The van der Waals surface area contributed by atoms with Crippen LogP contribution in [-0.2, 0) is 0 Å². The molecule has 2 heterocycles. The monoisotopic (exact) mass is 361 g/mol. The Morgan fingerprint density at radius 2 is 1.60 bits per heavy atom. The summed E-state index contributed by atoms with van der Waals surface area (Å²) < 4.78 is 77.9. The van der Waals surface area contributed by atoms with Gasteiger partial charge in [-0.05, 0) is 35.0 Å². The van der Waals surface area contributed by atoms with Crippen molar-refractivity contribution in [2.45, 2.75) is 24.9 Å². The van der Waals surface area contributed by atoms with Crippen molar-refractivity contribution in [1.29, 1.82) is 0 Å². The Balaban J connectivity index is 2.64. The largest absolute Gasteiger partial charge is 0.443 e. The Bertz CT molecular complexity index is 540. The molecule has 0 aliphatic carbocycles. The first kappa shape index (κ1) is 15.1. The van der Waals surface area contributed by atoms with Gasteiger partial charge in [-0.25, -0.2) is 9.98 Å². The van der Waals surface area contributed by atoms with E-state index in [0.717, 1.165) is 17.9 Å². The van der Waals surface area contributed by atoms with E-state index in [1.54, 1.807) is 0 Å². The molecule has 0 atom stereocenters. The smallest absolute Gasteiger partial charge is 0.289 e. The molecule has 20 heavy (non-hydrogen) atoms. The molecule has 2 aliphatic heterocycles. The summed E-state index contributed by atoms with van der Waals surface area (Å²) >= 11 is 3.06. The normalized spacial score (nSPS) is 22.0. The molecular weight excluding hydrogens is 356 g/mol. The SMILES string of the molecule is CC1=NC(C(F)(F)F)(C(F)(F)F)N=C2C=CC(Br)=CN12. The van der Waals surface area contributed by atoms with Crippen LogP contribution >= 0.6 is 15.9 Å². The van der Waals surface area contributed by atoms with Crippen molar-refractivity contribution >= 4 is 27.6 Å². The van der Waals surface area contributed by atoms with Crippen molar-refractivity contribution in [3.8, 4) is 0 Å². The van der Waals surface area contributed by atoms with Gasteiger partial charge in [-0.3, -0.25) is 4.90 Å². The zero-order chi connectivity index (χ0) is 15.3. The number of fused-ring (bicyclic) bond motifs is 1. The van der Waals surface area contributed by atoms with Crippen molar-refractivity contribution < 1.29 is 26.3 Å². The highest BCUT2D eigenvalue weighted by Crippen LogP contribution is 2.48. The highest BCUT2D eigenvalue weighted by Gasteiger charge is 2.73. The van der Waals surface area contributed by atoms with Gasteiger partial charge in [-0.15, -0.1) is 0 Å². The van der Waals surface area contributed by atoms with Gasteiger partial charge in [0.05, 0.1) is 0 Å². The minimum absolute atomic E-state index is 0.453. The number of hydrogen-bond acceptors (Lipinski definition) is 3. The number of aliphatic imine (C=N–C) groups is 2. The molecule has 0 aromatic rings. The maximum atomic E-state index is 12.9. The summed E-state index contributed by atoms with van der Waals surface area (Å²) in [6.45, 7) is 1.05. The van der Waals surface area contributed by atoms with E-state index >= 15 is 0 Å². The van der Waals surface area contributed by atoms with Crippen LogP contribution in [0.1, 0.15) is 6.92 Å². The molecule has 0 unspecified atom stereocenters. The molecule has 0 saturated carbocycles. The molecule has 110 valence electrons. The molecule has 0 spiro atoms. The quantitative estimate of drug-likeness (QED) is 0.604. The maximum Gasteiger partial charge on any atom is 0.443 e. The highest BCUT2D eigenvalue weighted by molar-refractivity contribution is 9.11. The molecule has 0 aromatic heterocycles. The third-order valence-electron chi connectivity index (χ3n) is 2.63. The molecule has 0 saturated heterocycles. The molecular formula is C10H6BrF6N3. The lowest BCUT2D eigenvalue weighted by Crippen LogP contribution is -2.58. The van der Waals surface area contributed by atoms with Gasteiger partial charge in [0.1, 0.15) is 11.7 Å². The van der Waals surface area contributed by atoms with Crippen molar-refractivity contribution in [3.63, 3.8) is 0 Å². The zero-order valence-corrected chi connectivity index (χ0v) is 11.3. The number of alkyl halides is 6. The Morgan fingerprint density at radius 3 is 2.10 bits per heavy atom. The second-order valence-electron chi connectivity index (χ2n) is 4.01. The minimum atomic E-state index is -5.68. The lowest BCUT2D eigenvalue weighted by molar-refractivity contribution is -0.292. The highest BCUT2D eigenvalue weighted by atomic mass is 79.9. The number of allylic oxidation sites excluding steroid dienone is 2. The van der Waals surface area contributed by atoms with E-state index < -0.39 is 29.7 Å². The fraction of sp³-hybridized carbons (Fsp3) is 0.400. The molecule has 0 fully saturated rings. The number of hydrogen-bond donors (Lipinski definition) is 0. The number of halogens is 7. The van der Waals surface area contributed by atoms with E-state index in [2.05, 4.69) is 25.9 Å². The lowest BCUT2D eigenvalue weighted by Gasteiger charge is -2.37. The van der Waals surface area contributed by atoms with Gasteiger partial charge in [-0.2, -0.15) is 26.3 Å².